The highest BCUT2D eigenvalue weighted by atomic mass is 32.2. The Labute approximate surface area is 189 Å². The van der Waals surface area contributed by atoms with Crippen molar-refractivity contribution in [1.29, 1.82) is 0 Å². The minimum atomic E-state index is -3.59. The van der Waals surface area contributed by atoms with Crippen LogP contribution in [0.2, 0.25) is 0 Å². The quantitative estimate of drug-likeness (QED) is 0.766. The first-order chi connectivity index (χ1) is 15.2. The fraction of sp³-hybridized carbons (Fsp3) is 0.417. The minimum Gasteiger partial charge on any atom is -0.324 e. The largest absolute Gasteiger partial charge is 0.324 e. The molecule has 0 bridgehead atoms. The van der Waals surface area contributed by atoms with Gasteiger partial charge in [0.15, 0.2) is 0 Å². The van der Waals surface area contributed by atoms with Gasteiger partial charge in [-0.2, -0.15) is 4.31 Å². The third-order valence-electron chi connectivity index (χ3n) is 6.36. The molecule has 8 heteroatoms. The van der Waals surface area contributed by atoms with E-state index in [9.17, 15) is 18.0 Å². The molecule has 1 N–H and O–H groups in total. The molecule has 2 aliphatic rings. The number of fused-ring (bicyclic) bond motifs is 1. The van der Waals surface area contributed by atoms with E-state index in [0.717, 1.165) is 36.1 Å². The highest BCUT2D eigenvalue weighted by Gasteiger charge is 2.38. The van der Waals surface area contributed by atoms with Gasteiger partial charge in [-0.25, -0.2) is 8.42 Å². The number of aryl methyl sites for hydroxylation is 2. The molecule has 0 aliphatic carbocycles. The molecule has 1 atom stereocenters. The maximum atomic E-state index is 13.2. The highest BCUT2D eigenvalue weighted by Crippen LogP contribution is 2.36. The summed E-state index contributed by atoms with van der Waals surface area (Å²) in [5.41, 5.74) is 3.92. The van der Waals surface area contributed by atoms with E-state index < -0.39 is 16.1 Å². The molecule has 2 aromatic carbocycles. The number of nitrogens with one attached hydrogen (secondary N) is 1. The second kappa shape index (κ2) is 8.67. The molecule has 0 saturated carbocycles. The van der Waals surface area contributed by atoms with Crippen LogP contribution in [-0.2, 0) is 26.0 Å². The molecule has 0 spiro atoms. The van der Waals surface area contributed by atoms with Crippen molar-refractivity contribution in [2.45, 2.75) is 57.4 Å². The Bertz CT molecular complexity index is 1150. The monoisotopic (exact) mass is 455 g/mol. The molecule has 7 nitrogen and oxygen atoms in total. The number of rotatable bonds is 4. The lowest BCUT2D eigenvalue weighted by Crippen LogP contribution is -2.44. The first kappa shape index (κ1) is 22.5. The molecule has 0 radical (unpaired) electrons. The number of sulfonamides is 1. The molecule has 2 amide bonds. The highest BCUT2D eigenvalue weighted by molar-refractivity contribution is 7.89. The van der Waals surface area contributed by atoms with Crippen LogP contribution in [0.15, 0.2) is 41.3 Å². The summed E-state index contributed by atoms with van der Waals surface area (Å²) in [5, 5.41) is 2.98. The van der Waals surface area contributed by atoms with Crippen LogP contribution in [0.1, 0.15) is 42.9 Å². The summed E-state index contributed by atoms with van der Waals surface area (Å²) in [6.07, 6.45) is 3.04. The van der Waals surface area contributed by atoms with Gasteiger partial charge in [-0.15, -0.1) is 0 Å². The third-order valence-corrected chi connectivity index (χ3v) is 8.25. The molecule has 2 aromatic rings. The number of nitrogens with zero attached hydrogens (tertiary/aromatic N) is 2. The summed E-state index contributed by atoms with van der Waals surface area (Å²) in [5.74, 6) is -0.536. The Morgan fingerprint density at radius 1 is 1.00 bits per heavy atom. The molecule has 4 rings (SSSR count). The average molecular weight is 456 g/mol. The summed E-state index contributed by atoms with van der Waals surface area (Å²) in [6, 6.07) is 9.87. The van der Waals surface area contributed by atoms with E-state index >= 15 is 0 Å². The topological polar surface area (TPSA) is 86.8 Å². The maximum absolute atomic E-state index is 13.2. The van der Waals surface area contributed by atoms with E-state index in [0.29, 0.717) is 24.3 Å². The Kier molecular flexibility index (Phi) is 6.09. The van der Waals surface area contributed by atoms with E-state index in [2.05, 4.69) is 5.32 Å². The minimum absolute atomic E-state index is 0.220. The van der Waals surface area contributed by atoms with Gasteiger partial charge in [0.05, 0.1) is 4.90 Å². The van der Waals surface area contributed by atoms with E-state index in [1.54, 1.807) is 18.2 Å². The van der Waals surface area contributed by atoms with E-state index in [4.69, 9.17) is 0 Å². The van der Waals surface area contributed by atoms with Crippen molar-refractivity contribution in [3.8, 4) is 0 Å². The van der Waals surface area contributed by atoms with Crippen molar-refractivity contribution in [1.82, 2.24) is 4.31 Å². The van der Waals surface area contributed by atoms with E-state index in [-0.39, 0.29) is 23.1 Å². The Morgan fingerprint density at radius 3 is 2.28 bits per heavy atom. The zero-order valence-corrected chi connectivity index (χ0v) is 19.5. The molecule has 2 heterocycles. The molecule has 32 heavy (non-hydrogen) atoms. The Hall–Kier alpha value is -2.71. The summed E-state index contributed by atoms with van der Waals surface area (Å²) >= 11 is 0. The summed E-state index contributed by atoms with van der Waals surface area (Å²) in [6.45, 7) is 6.32. The van der Waals surface area contributed by atoms with Crippen LogP contribution < -0.4 is 10.2 Å². The van der Waals surface area contributed by atoms with Crippen molar-refractivity contribution in [3.05, 3.63) is 53.1 Å². The number of benzene rings is 2. The molecular formula is C24H29N3O4S. The van der Waals surface area contributed by atoms with E-state index in [1.807, 2.05) is 32.0 Å². The number of hydrogen-bond acceptors (Lipinski definition) is 4. The molecule has 0 aromatic heterocycles. The third kappa shape index (κ3) is 4.04. The molecular weight excluding hydrogens is 426 g/mol. The van der Waals surface area contributed by atoms with Crippen molar-refractivity contribution >= 4 is 33.2 Å². The van der Waals surface area contributed by atoms with Gasteiger partial charge >= 0.3 is 0 Å². The maximum Gasteiger partial charge on any atom is 0.247 e. The lowest BCUT2D eigenvalue weighted by atomic mass is 10.1. The van der Waals surface area contributed by atoms with Crippen LogP contribution in [0.5, 0.6) is 0 Å². The number of carbonyl (C=O) groups excluding carboxylic acids is 2. The van der Waals surface area contributed by atoms with Crippen LogP contribution >= 0.6 is 0 Å². The molecule has 2 aliphatic heterocycles. The number of anilines is 2. The Balaban J connectivity index is 1.63. The molecule has 0 unspecified atom stereocenters. The predicted octanol–water partition coefficient (Wildman–Crippen LogP) is 3.39. The standard InChI is InChI=1S/C24H29N3O4S/c1-16-8-7-9-17(2)23(16)25-24(29)22-15-19-14-20(10-11-21(19)27(22)18(3)28)32(30,31)26-12-5-4-6-13-26/h7-11,14,22H,4-6,12-13,15H2,1-3H3,(H,25,29)/t22-/m0/s1. The number of carbonyl (C=O) groups is 2. The van der Waals surface area contributed by atoms with Gasteiger partial charge in [0, 0.05) is 37.8 Å². The van der Waals surface area contributed by atoms with Gasteiger partial charge in [-0.1, -0.05) is 24.6 Å². The lowest BCUT2D eigenvalue weighted by molar-refractivity contribution is -0.122. The van der Waals surface area contributed by atoms with Crippen molar-refractivity contribution < 1.29 is 18.0 Å². The smallest absolute Gasteiger partial charge is 0.247 e. The van der Waals surface area contributed by atoms with Crippen LogP contribution in [-0.4, -0.2) is 43.7 Å². The normalized spacial score (nSPS) is 19.0. The fourth-order valence-electron chi connectivity index (χ4n) is 4.66. The number of amides is 2. The summed E-state index contributed by atoms with van der Waals surface area (Å²) < 4.78 is 27.7. The van der Waals surface area contributed by atoms with Crippen LogP contribution in [0.4, 0.5) is 11.4 Å². The van der Waals surface area contributed by atoms with Crippen LogP contribution in [0.3, 0.4) is 0 Å². The number of hydrogen-bond donors (Lipinski definition) is 1. The van der Waals surface area contributed by atoms with Gasteiger partial charge in [-0.05, 0) is 61.6 Å². The van der Waals surface area contributed by atoms with Crippen molar-refractivity contribution in [2.24, 2.45) is 0 Å². The van der Waals surface area contributed by atoms with Crippen molar-refractivity contribution in [3.63, 3.8) is 0 Å². The average Bonchev–Trinajstić information content (AvgIpc) is 3.16. The zero-order valence-electron chi connectivity index (χ0n) is 18.7. The number of piperidine rings is 1. The second-order valence-electron chi connectivity index (χ2n) is 8.62. The number of para-hydroxylation sites is 1. The van der Waals surface area contributed by atoms with Gasteiger partial charge < -0.3 is 5.32 Å². The summed E-state index contributed by atoms with van der Waals surface area (Å²) in [4.78, 5) is 27.3. The molecule has 1 fully saturated rings. The lowest BCUT2D eigenvalue weighted by Gasteiger charge is -2.26. The van der Waals surface area contributed by atoms with Gasteiger partial charge in [0.1, 0.15) is 6.04 Å². The van der Waals surface area contributed by atoms with Gasteiger partial charge in [-0.3, -0.25) is 14.5 Å². The first-order valence-electron chi connectivity index (χ1n) is 11.0. The predicted molar refractivity (Wildman–Crippen MR) is 124 cm³/mol. The van der Waals surface area contributed by atoms with Crippen molar-refractivity contribution in [2.75, 3.05) is 23.3 Å². The van der Waals surface area contributed by atoms with Gasteiger partial charge in [0.25, 0.3) is 0 Å². The fourth-order valence-corrected chi connectivity index (χ4v) is 6.23. The molecule has 170 valence electrons. The summed E-state index contributed by atoms with van der Waals surface area (Å²) in [7, 11) is -3.59. The van der Waals surface area contributed by atoms with Gasteiger partial charge in [0.2, 0.25) is 21.8 Å². The zero-order chi connectivity index (χ0) is 23.0. The van der Waals surface area contributed by atoms with E-state index in [1.165, 1.54) is 16.1 Å². The Morgan fingerprint density at radius 2 is 1.66 bits per heavy atom. The van der Waals surface area contributed by atoms with Crippen LogP contribution in [0.25, 0.3) is 0 Å². The molecule has 1 saturated heterocycles. The van der Waals surface area contributed by atoms with Crippen LogP contribution in [0, 0.1) is 13.8 Å². The second-order valence-corrected chi connectivity index (χ2v) is 10.6. The SMILES string of the molecule is CC(=O)N1c2ccc(S(=O)(=O)N3CCCCC3)cc2C[C@H]1C(=O)Nc1c(C)cccc1C. The first-order valence-corrected chi connectivity index (χ1v) is 12.4.